The third kappa shape index (κ3) is 5.50. The predicted octanol–water partition coefficient (Wildman–Crippen LogP) is 4.22. The van der Waals surface area contributed by atoms with Crippen molar-refractivity contribution in [3.63, 3.8) is 0 Å². The summed E-state index contributed by atoms with van der Waals surface area (Å²) < 4.78 is 0. The molecule has 2 rings (SSSR count). The second-order valence-corrected chi connectivity index (χ2v) is 6.37. The van der Waals surface area contributed by atoms with Gasteiger partial charge in [0.25, 0.3) is 0 Å². The fraction of sp³-hybridized carbons (Fsp3) is 0.611. The molecular weight excluding hydrogens is 262 g/mol. The Balaban J connectivity index is 1.68. The van der Waals surface area contributed by atoms with Crippen molar-refractivity contribution in [2.75, 3.05) is 0 Å². The standard InChI is InChI=1S/C18H27NO2/c1-14(7-8-15-5-3-2-4-6-15)19-13-16-9-11-17(12-10-16)18(20)21/h9-12,14-15,19H,2-8,13H2,1H3,(H,20,21). The van der Waals surface area contributed by atoms with E-state index in [4.69, 9.17) is 5.11 Å². The van der Waals surface area contributed by atoms with Gasteiger partial charge >= 0.3 is 5.97 Å². The normalized spacial score (nSPS) is 17.6. The van der Waals surface area contributed by atoms with Crippen LogP contribution in [0.4, 0.5) is 0 Å². The van der Waals surface area contributed by atoms with Crippen molar-refractivity contribution in [3.8, 4) is 0 Å². The van der Waals surface area contributed by atoms with Gasteiger partial charge in [-0.2, -0.15) is 0 Å². The quantitative estimate of drug-likeness (QED) is 0.790. The number of hydrogen-bond acceptors (Lipinski definition) is 2. The lowest BCUT2D eigenvalue weighted by atomic mass is 9.85. The SMILES string of the molecule is CC(CCC1CCCCC1)NCc1ccc(C(=O)O)cc1. The molecular formula is C18H27NO2. The molecule has 21 heavy (non-hydrogen) atoms. The van der Waals surface area contributed by atoms with Gasteiger partial charge in [0.2, 0.25) is 0 Å². The smallest absolute Gasteiger partial charge is 0.335 e. The highest BCUT2D eigenvalue weighted by Gasteiger charge is 2.14. The van der Waals surface area contributed by atoms with E-state index in [9.17, 15) is 4.79 Å². The Bertz CT molecular complexity index is 435. The molecule has 0 amide bonds. The van der Waals surface area contributed by atoms with Crippen LogP contribution in [-0.2, 0) is 6.54 Å². The number of rotatable bonds is 7. The first-order valence-electron chi connectivity index (χ1n) is 8.21. The van der Waals surface area contributed by atoms with Crippen molar-refractivity contribution < 1.29 is 9.90 Å². The summed E-state index contributed by atoms with van der Waals surface area (Å²) >= 11 is 0. The lowest BCUT2D eigenvalue weighted by molar-refractivity contribution is 0.0697. The first kappa shape index (κ1) is 16.0. The van der Waals surface area contributed by atoms with Gasteiger partial charge in [0, 0.05) is 12.6 Å². The van der Waals surface area contributed by atoms with E-state index in [1.165, 1.54) is 44.9 Å². The first-order valence-corrected chi connectivity index (χ1v) is 8.21. The molecule has 1 aliphatic rings. The molecule has 1 atom stereocenters. The number of hydrogen-bond donors (Lipinski definition) is 2. The molecule has 0 spiro atoms. The van der Waals surface area contributed by atoms with Crippen molar-refractivity contribution in [1.29, 1.82) is 0 Å². The number of aromatic carboxylic acids is 1. The topological polar surface area (TPSA) is 49.3 Å². The maximum Gasteiger partial charge on any atom is 0.335 e. The minimum atomic E-state index is -0.865. The van der Waals surface area contributed by atoms with Crippen LogP contribution in [0.2, 0.25) is 0 Å². The van der Waals surface area contributed by atoms with Gasteiger partial charge in [-0.05, 0) is 43.4 Å². The lowest BCUT2D eigenvalue weighted by Crippen LogP contribution is -2.26. The highest BCUT2D eigenvalue weighted by Crippen LogP contribution is 2.27. The van der Waals surface area contributed by atoms with Crippen molar-refractivity contribution in [2.24, 2.45) is 5.92 Å². The maximum atomic E-state index is 10.8. The molecule has 0 radical (unpaired) electrons. The number of carboxylic acid groups (broad SMARTS) is 1. The van der Waals surface area contributed by atoms with Gasteiger partial charge < -0.3 is 10.4 Å². The molecule has 3 heteroatoms. The Labute approximate surface area is 127 Å². The van der Waals surface area contributed by atoms with E-state index in [1.807, 2.05) is 12.1 Å². The molecule has 1 fully saturated rings. The largest absolute Gasteiger partial charge is 0.478 e. The number of nitrogens with one attached hydrogen (secondary N) is 1. The number of carboxylic acids is 1. The summed E-state index contributed by atoms with van der Waals surface area (Å²) in [6.45, 7) is 3.06. The summed E-state index contributed by atoms with van der Waals surface area (Å²) in [5, 5.41) is 12.4. The minimum absolute atomic E-state index is 0.351. The molecule has 3 nitrogen and oxygen atoms in total. The highest BCUT2D eigenvalue weighted by molar-refractivity contribution is 5.87. The Morgan fingerprint density at radius 3 is 2.52 bits per heavy atom. The molecule has 1 saturated carbocycles. The van der Waals surface area contributed by atoms with Crippen LogP contribution < -0.4 is 5.32 Å². The second-order valence-electron chi connectivity index (χ2n) is 6.37. The first-order chi connectivity index (χ1) is 10.1. The number of carbonyl (C=O) groups is 1. The average Bonchev–Trinajstić information content (AvgIpc) is 2.52. The minimum Gasteiger partial charge on any atom is -0.478 e. The van der Waals surface area contributed by atoms with E-state index in [2.05, 4.69) is 12.2 Å². The van der Waals surface area contributed by atoms with Gasteiger partial charge in [-0.1, -0.05) is 44.2 Å². The second kappa shape index (κ2) is 8.18. The Morgan fingerprint density at radius 1 is 1.24 bits per heavy atom. The summed E-state index contributed by atoms with van der Waals surface area (Å²) in [7, 11) is 0. The van der Waals surface area contributed by atoms with E-state index >= 15 is 0 Å². The van der Waals surface area contributed by atoms with Crippen LogP contribution in [0.25, 0.3) is 0 Å². The van der Waals surface area contributed by atoms with Crippen molar-refractivity contribution >= 4 is 5.97 Å². The molecule has 1 aromatic carbocycles. The van der Waals surface area contributed by atoms with E-state index in [0.717, 1.165) is 18.0 Å². The molecule has 0 saturated heterocycles. The van der Waals surface area contributed by atoms with E-state index < -0.39 is 5.97 Å². The molecule has 0 bridgehead atoms. The predicted molar refractivity (Wildman–Crippen MR) is 85.5 cm³/mol. The molecule has 1 aromatic rings. The van der Waals surface area contributed by atoms with Crippen LogP contribution in [0.15, 0.2) is 24.3 Å². The molecule has 1 unspecified atom stereocenters. The molecule has 116 valence electrons. The molecule has 0 aliphatic heterocycles. The van der Waals surface area contributed by atoms with E-state index in [0.29, 0.717) is 11.6 Å². The molecule has 2 N–H and O–H groups in total. The van der Waals surface area contributed by atoms with Crippen LogP contribution in [0.1, 0.15) is 67.8 Å². The molecule has 1 aliphatic carbocycles. The van der Waals surface area contributed by atoms with Crippen LogP contribution in [0.5, 0.6) is 0 Å². The third-order valence-corrected chi connectivity index (χ3v) is 4.59. The molecule has 0 heterocycles. The van der Waals surface area contributed by atoms with Crippen LogP contribution >= 0.6 is 0 Å². The Hall–Kier alpha value is -1.35. The van der Waals surface area contributed by atoms with Crippen LogP contribution in [0, 0.1) is 5.92 Å². The van der Waals surface area contributed by atoms with Crippen molar-refractivity contribution in [1.82, 2.24) is 5.32 Å². The average molecular weight is 289 g/mol. The van der Waals surface area contributed by atoms with E-state index in [-0.39, 0.29) is 0 Å². The Kier molecular flexibility index (Phi) is 6.24. The summed E-state index contributed by atoms with van der Waals surface area (Å²) in [5.74, 6) is 0.0770. The van der Waals surface area contributed by atoms with Crippen molar-refractivity contribution in [3.05, 3.63) is 35.4 Å². The van der Waals surface area contributed by atoms with Gasteiger partial charge in [0.05, 0.1) is 5.56 Å². The zero-order valence-electron chi connectivity index (χ0n) is 13.0. The lowest BCUT2D eigenvalue weighted by Gasteiger charge is -2.23. The summed E-state index contributed by atoms with van der Waals surface area (Å²) in [4.78, 5) is 10.8. The van der Waals surface area contributed by atoms with Gasteiger partial charge in [-0.15, -0.1) is 0 Å². The third-order valence-electron chi connectivity index (χ3n) is 4.59. The summed E-state index contributed by atoms with van der Waals surface area (Å²) in [6, 6.07) is 7.65. The zero-order valence-corrected chi connectivity index (χ0v) is 13.0. The summed E-state index contributed by atoms with van der Waals surface area (Å²) in [5.41, 5.74) is 1.49. The Morgan fingerprint density at radius 2 is 1.90 bits per heavy atom. The van der Waals surface area contributed by atoms with Gasteiger partial charge in [0.1, 0.15) is 0 Å². The fourth-order valence-electron chi connectivity index (χ4n) is 3.12. The zero-order chi connectivity index (χ0) is 15.1. The van der Waals surface area contributed by atoms with Crippen molar-refractivity contribution in [2.45, 2.75) is 64.5 Å². The van der Waals surface area contributed by atoms with Gasteiger partial charge in [0.15, 0.2) is 0 Å². The van der Waals surface area contributed by atoms with Crippen LogP contribution in [-0.4, -0.2) is 17.1 Å². The summed E-state index contributed by atoms with van der Waals surface area (Å²) in [6.07, 6.45) is 9.68. The maximum absolute atomic E-state index is 10.8. The van der Waals surface area contributed by atoms with Crippen LogP contribution in [0.3, 0.4) is 0 Å². The fourth-order valence-corrected chi connectivity index (χ4v) is 3.12. The monoisotopic (exact) mass is 289 g/mol. The van der Waals surface area contributed by atoms with Gasteiger partial charge in [-0.3, -0.25) is 0 Å². The van der Waals surface area contributed by atoms with E-state index in [1.54, 1.807) is 12.1 Å². The molecule has 0 aromatic heterocycles. The van der Waals surface area contributed by atoms with Gasteiger partial charge in [-0.25, -0.2) is 4.79 Å². The highest BCUT2D eigenvalue weighted by atomic mass is 16.4. The number of benzene rings is 1.